The zero-order chi connectivity index (χ0) is 23.6. The van der Waals surface area contributed by atoms with Crippen molar-refractivity contribution in [2.75, 3.05) is 35.2 Å². The summed E-state index contributed by atoms with van der Waals surface area (Å²) in [5.41, 5.74) is 1.78. The van der Waals surface area contributed by atoms with Gasteiger partial charge in [-0.3, -0.25) is 15.0 Å². The van der Waals surface area contributed by atoms with E-state index in [1.165, 1.54) is 0 Å². The summed E-state index contributed by atoms with van der Waals surface area (Å²) >= 11 is 1.99. The quantitative estimate of drug-likeness (QED) is 0.550. The highest BCUT2D eigenvalue weighted by atomic mass is 32.2. The first-order valence-electron chi connectivity index (χ1n) is 11.0. The van der Waals surface area contributed by atoms with E-state index in [0.29, 0.717) is 17.1 Å². The van der Waals surface area contributed by atoms with Crippen LogP contribution in [-0.4, -0.2) is 51.7 Å². The minimum Gasteiger partial charge on any atom is -0.460 e. The minimum absolute atomic E-state index is 0.274. The van der Waals surface area contributed by atoms with Gasteiger partial charge >= 0.3 is 6.09 Å². The Hall–Kier alpha value is -2.91. The number of carbonyl (C=O) groups excluding carboxylic acids is 2. The van der Waals surface area contributed by atoms with Crippen molar-refractivity contribution in [1.29, 1.82) is 0 Å². The lowest BCUT2D eigenvalue weighted by Crippen LogP contribution is -2.31. The molecule has 0 atom stereocenters. The molecule has 2 amide bonds. The van der Waals surface area contributed by atoms with Crippen LogP contribution in [0.15, 0.2) is 40.9 Å². The van der Waals surface area contributed by atoms with E-state index in [9.17, 15) is 9.59 Å². The van der Waals surface area contributed by atoms with Gasteiger partial charge in [-0.25, -0.2) is 4.79 Å². The maximum absolute atomic E-state index is 12.9. The van der Waals surface area contributed by atoms with Crippen LogP contribution in [0.3, 0.4) is 0 Å². The molecule has 176 valence electrons. The predicted molar refractivity (Wildman–Crippen MR) is 132 cm³/mol. The van der Waals surface area contributed by atoms with E-state index in [0.717, 1.165) is 47.9 Å². The Bertz CT molecular complexity index is 1160. The second kappa shape index (κ2) is 9.52. The number of ether oxygens (including phenoxy) is 1. The highest BCUT2D eigenvalue weighted by Crippen LogP contribution is 2.25. The molecular formula is C24H30N4O4S. The van der Waals surface area contributed by atoms with Crippen molar-refractivity contribution in [2.45, 2.75) is 32.9 Å². The third kappa shape index (κ3) is 6.11. The van der Waals surface area contributed by atoms with E-state index < -0.39 is 11.7 Å². The molecule has 4 rings (SSSR count). The molecule has 2 aromatic heterocycles. The number of hydrogen-bond acceptors (Lipinski definition) is 6. The van der Waals surface area contributed by atoms with E-state index in [1.54, 1.807) is 44.6 Å². The highest BCUT2D eigenvalue weighted by molar-refractivity contribution is 7.99. The molecule has 3 aromatic rings. The fourth-order valence-electron chi connectivity index (χ4n) is 3.71. The Morgan fingerprint density at radius 3 is 2.58 bits per heavy atom. The van der Waals surface area contributed by atoms with Gasteiger partial charge < -0.3 is 19.0 Å². The summed E-state index contributed by atoms with van der Waals surface area (Å²) in [5, 5.41) is 6.54. The summed E-state index contributed by atoms with van der Waals surface area (Å²) < 4.78 is 12.9. The molecule has 0 bridgehead atoms. The van der Waals surface area contributed by atoms with Gasteiger partial charge in [0, 0.05) is 48.9 Å². The second-order valence-electron chi connectivity index (χ2n) is 9.16. The fourth-order valence-corrected chi connectivity index (χ4v) is 4.69. The average Bonchev–Trinajstić information content (AvgIpc) is 3.29. The molecule has 1 fully saturated rings. The van der Waals surface area contributed by atoms with E-state index in [1.807, 2.05) is 36.0 Å². The summed E-state index contributed by atoms with van der Waals surface area (Å²) in [6.07, 6.45) is 1.10. The number of thioether (sulfide) groups is 1. The molecule has 2 N–H and O–H groups in total. The van der Waals surface area contributed by atoms with Gasteiger partial charge in [0.1, 0.15) is 22.6 Å². The minimum atomic E-state index is -0.600. The zero-order valence-electron chi connectivity index (χ0n) is 19.4. The lowest BCUT2D eigenvalue weighted by Gasteiger charge is -2.24. The van der Waals surface area contributed by atoms with Crippen molar-refractivity contribution in [2.24, 2.45) is 7.05 Å². The fraction of sp³-hybridized carbons (Fsp3) is 0.417. The topological polar surface area (TPSA) is 88.7 Å². The Kier molecular flexibility index (Phi) is 6.71. The van der Waals surface area contributed by atoms with Crippen LogP contribution in [0.25, 0.3) is 11.0 Å². The van der Waals surface area contributed by atoms with Crippen molar-refractivity contribution in [1.82, 2.24) is 9.47 Å². The van der Waals surface area contributed by atoms with Gasteiger partial charge in [0.2, 0.25) is 0 Å². The van der Waals surface area contributed by atoms with Crippen LogP contribution < -0.4 is 10.6 Å². The lowest BCUT2D eigenvalue weighted by atomic mass is 10.2. The predicted octanol–water partition coefficient (Wildman–Crippen LogP) is 4.92. The van der Waals surface area contributed by atoms with E-state index in [2.05, 4.69) is 15.5 Å². The SMILES string of the molecule is Cn1cc(NC(=O)OC(C)(C)C)cc1C(=O)Nc1ccc2oc(CN3CCSCC3)cc2c1. The number of anilines is 2. The smallest absolute Gasteiger partial charge is 0.412 e. The number of fused-ring (bicyclic) bond motifs is 1. The van der Waals surface area contributed by atoms with E-state index in [-0.39, 0.29) is 5.91 Å². The number of carbonyl (C=O) groups is 2. The molecule has 0 saturated carbocycles. The Balaban J connectivity index is 1.42. The summed E-state index contributed by atoms with van der Waals surface area (Å²) in [6.45, 7) is 8.33. The maximum Gasteiger partial charge on any atom is 0.412 e. The van der Waals surface area contributed by atoms with Crippen molar-refractivity contribution < 1.29 is 18.7 Å². The molecule has 3 heterocycles. The van der Waals surface area contributed by atoms with Gasteiger partial charge in [0.15, 0.2) is 0 Å². The zero-order valence-corrected chi connectivity index (χ0v) is 20.3. The van der Waals surface area contributed by atoms with E-state index in [4.69, 9.17) is 9.15 Å². The van der Waals surface area contributed by atoms with Crippen LogP contribution in [0.1, 0.15) is 37.0 Å². The summed E-state index contributed by atoms with van der Waals surface area (Å²) in [6, 6.07) is 9.27. The molecular weight excluding hydrogens is 440 g/mol. The number of aromatic nitrogens is 1. The first kappa shape index (κ1) is 23.3. The number of benzene rings is 1. The first-order chi connectivity index (χ1) is 15.7. The average molecular weight is 471 g/mol. The maximum atomic E-state index is 12.9. The Labute approximate surface area is 197 Å². The monoisotopic (exact) mass is 470 g/mol. The van der Waals surface area contributed by atoms with Crippen molar-refractivity contribution >= 4 is 46.1 Å². The Morgan fingerprint density at radius 2 is 1.85 bits per heavy atom. The van der Waals surface area contributed by atoms with Crippen LogP contribution in [0, 0.1) is 0 Å². The van der Waals surface area contributed by atoms with Gasteiger partial charge in [0.05, 0.1) is 12.2 Å². The highest BCUT2D eigenvalue weighted by Gasteiger charge is 2.19. The largest absolute Gasteiger partial charge is 0.460 e. The number of nitrogens with zero attached hydrogens (tertiary/aromatic N) is 2. The van der Waals surface area contributed by atoms with Crippen molar-refractivity contribution in [3.8, 4) is 0 Å². The second-order valence-corrected chi connectivity index (χ2v) is 10.4. The Morgan fingerprint density at radius 1 is 1.09 bits per heavy atom. The van der Waals surface area contributed by atoms with Crippen LogP contribution in [-0.2, 0) is 18.3 Å². The van der Waals surface area contributed by atoms with Crippen molar-refractivity contribution in [3.63, 3.8) is 0 Å². The van der Waals surface area contributed by atoms with Crippen molar-refractivity contribution in [3.05, 3.63) is 48.0 Å². The normalized spacial score (nSPS) is 14.9. The molecule has 8 nitrogen and oxygen atoms in total. The molecule has 33 heavy (non-hydrogen) atoms. The molecule has 0 unspecified atom stereocenters. The molecule has 0 spiro atoms. The standard InChI is InChI=1S/C24H30N4O4S/c1-24(2,3)32-23(30)26-18-13-20(27(4)14-18)22(29)25-17-5-6-21-16(11-17)12-19(31-21)15-28-7-9-33-10-8-28/h5-6,11-14H,7-10,15H2,1-4H3,(H,25,29)(H,26,30). The van der Waals surface area contributed by atoms with Crippen LogP contribution in [0.2, 0.25) is 0 Å². The summed E-state index contributed by atoms with van der Waals surface area (Å²) in [5.74, 6) is 2.97. The van der Waals surface area contributed by atoms with E-state index >= 15 is 0 Å². The van der Waals surface area contributed by atoms with Gasteiger partial charge in [-0.1, -0.05) is 0 Å². The summed E-state index contributed by atoms with van der Waals surface area (Å²) in [7, 11) is 1.75. The number of nitrogens with one attached hydrogen (secondary N) is 2. The molecule has 1 aliphatic heterocycles. The molecule has 9 heteroatoms. The van der Waals surface area contributed by atoms with Gasteiger partial charge in [-0.05, 0) is 51.1 Å². The molecule has 1 aliphatic rings. The van der Waals surface area contributed by atoms with Gasteiger partial charge in [-0.2, -0.15) is 11.8 Å². The van der Waals surface area contributed by atoms with Gasteiger partial charge in [-0.15, -0.1) is 0 Å². The molecule has 1 saturated heterocycles. The number of amides is 2. The molecule has 0 aliphatic carbocycles. The number of furan rings is 1. The molecule has 0 radical (unpaired) electrons. The van der Waals surface area contributed by atoms with Crippen LogP contribution in [0.4, 0.5) is 16.2 Å². The third-order valence-electron chi connectivity index (χ3n) is 5.19. The van der Waals surface area contributed by atoms with Crippen LogP contribution >= 0.6 is 11.8 Å². The van der Waals surface area contributed by atoms with Crippen LogP contribution in [0.5, 0.6) is 0 Å². The lowest BCUT2D eigenvalue weighted by molar-refractivity contribution is 0.0635. The number of rotatable bonds is 5. The molecule has 1 aromatic carbocycles. The van der Waals surface area contributed by atoms with Gasteiger partial charge in [0.25, 0.3) is 5.91 Å². The third-order valence-corrected chi connectivity index (χ3v) is 6.13. The summed E-state index contributed by atoms with van der Waals surface area (Å²) in [4.78, 5) is 27.3. The number of hydrogen-bond donors (Lipinski definition) is 2. The first-order valence-corrected chi connectivity index (χ1v) is 12.1. The number of aryl methyl sites for hydroxylation is 1.